The quantitative estimate of drug-likeness (QED) is 0.244. The van der Waals surface area contributed by atoms with Gasteiger partial charge in [-0.1, -0.05) is 60.7 Å². The maximum atomic E-state index is 15.4. The highest BCUT2D eigenvalue weighted by Gasteiger charge is 2.23. The second-order valence-corrected chi connectivity index (χ2v) is 9.13. The van der Waals surface area contributed by atoms with Crippen molar-refractivity contribution in [1.29, 1.82) is 0 Å². The number of halogens is 1. The van der Waals surface area contributed by atoms with Gasteiger partial charge in [-0.3, -0.25) is 0 Å². The van der Waals surface area contributed by atoms with Gasteiger partial charge in [0, 0.05) is 22.9 Å². The smallest absolute Gasteiger partial charge is 0.216 e. The molecule has 4 aromatic carbocycles. The largest absolute Gasteiger partial charge is 0.454 e. The van der Waals surface area contributed by atoms with Crippen LogP contribution in [0.15, 0.2) is 102 Å². The molecule has 170 valence electrons. The van der Waals surface area contributed by atoms with Crippen LogP contribution in [0.2, 0.25) is 0 Å². The van der Waals surface area contributed by atoms with Crippen molar-refractivity contribution in [2.24, 2.45) is 7.05 Å². The molecule has 0 unspecified atom stereocenters. The molecule has 2 aromatic heterocycles. The van der Waals surface area contributed by atoms with Gasteiger partial charge in [0.05, 0.1) is 11.1 Å². The number of rotatable bonds is 3. The van der Waals surface area contributed by atoms with Crippen molar-refractivity contribution >= 4 is 21.9 Å². The minimum absolute atomic E-state index is 0.285. The Balaban J connectivity index is 1.61. The second-order valence-electron chi connectivity index (χ2n) is 9.13. The van der Waals surface area contributed by atoms with Crippen LogP contribution in [0.3, 0.4) is 0 Å². The summed E-state index contributed by atoms with van der Waals surface area (Å²) in [5, 5.41) is 1.91. The molecule has 0 bridgehead atoms. The van der Waals surface area contributed by atoms with Gasteiger partial charge in [0.1, 0.15) is 24.0 Å². The summed E-state index contributed by atoms with van der Waals surface area (Å²) in [5.74, 6) is -0.285. The van der Waals surface area contributed by atoms with Gasteiger partial charge in [0.2, 0.25) is 5.69 Å². The lowest BCUT2D eigenvalue weighted by Crippen LogP contribution is -2.30. The van der Waals surface area contributed by atoms with E-state index in [1.807, 2.05) is 55.7 Å². The van der Waals surface area contributed by atoms with Crippen LogP contribution in [0.5, 0.6) is 0 Å². The number of nitrogens with zero attached hydrogens (tertiary/aromatic N) is 1. The average molecular weight is 459 g/mol. The summed E-state index contributed by atoms with van der Waals surface area (Å²) in [6.45, 7) is 4.15. The third-order valence-corrected chi connectivity index (χ3v) is 6.88. The number of pyridine rings is 1. The van der Waals surface area contributed by atoms with Gasteiger partial charge in [-0.2, -0.15) is 0 Å². The van der Waals surface area contributed by atoms with E-state index >= 15 is 4.39 Å². The molecule has 0 fully saturated rings. The monoisotopic (exact) mass is 458 g/mol. The van der Waals surface area contributed by atoms with Crippen LogP contribution in [0.4, 0.5) is 4.39 Å². The number of benzene rings is 4. The first-order chi connectivity index (χ1) is 17.0. The van der Waals surface area contributed by atoms with Crippen molar-refractivity contribution in [3.63, 3.8) is 0 Å². The maximum Gasteiger partial charge on any atom is 0.216 e. The SMILES string of the molecule is Cc1cc(-c2c(F)ccc3c2oc2c(-c4cccc[n+]4C)c(C)ccc23)ccc1-c1ccccc1. The van der Waals surface area contributed by atoms with E-state index in [2.05, 4.69) is 60.9 Å². The highest BCUT2D eigenvalue weighted by molar-refractivity contribution is 6.13. The summed E-state index contributed by atoms with van der Waals surface area (Å²) in [4.78, 5) is 0. The highest BCUT2D eigenvalue weighted by Crippen LogP contribution is 2.42. The van der Waals surface area contributed by atoms with Crippen molar-refractivity contribution < 1.29 is 13.4 Å². The van der Waals surface area contributed by atoms with Crippen molar-refractivity contribution in [2.75, 3.05) is 0 Å². The Morgan fingerprint density at radius 1 is 0.657 bits per heavy atom. The van der Waals surface area contributed by atoms with Crippen molar-refractivity contribution in [1.82, 2.24) is 0 Å². The molecule has 0 aliphatic rings. The number of hydrogen-bond acceptors (Lipinski definition) is 1. The van der Waals surface area contributed by atoms with Crippen LogP contribution in [0, 0.1) is 19.7 Å². The summed E-state index contributed by atoms with van der Waals surface area (Å²) >= 11 is 0. The number of hydrogen-bond donors (Lipinski definition) is 0. The van der Waals surface area contributed by atoms with Crippen LogP contribution in [-0.2, 0) is 7.05 Å². The lowest BCUT2D eigenvalue weighted by molar-refractivity contribution is -0.660. The average Bonchev–Trinajstić information content (AvgIpc) is 3.23. The zero-order valence-electron chi connectivity index (χ0n) is 20.0. The minimum Gasteiger partial charge on any atom is -0.454 e. The van der Waals surface area contributed by atoms with E-state index < -0.39 is 0 Å². The molecule has 0 amide bonds. The molecule has 0 aliphatic heterocycles. The normalized spacial score (nSPS) is 11.4. The Morgan fingerprint density at radius 3 is 2.11 bits per heavy atom. The molecule has 0 spiro atoms. The van der Waals surface area contributed by atoms with E-state index in [9.17, 15) is 0 Å². The third-order valence-electron chi connectivity index (χ3n) is 6.88. The van der Waals surface area contributed by atoms with Gasteiger partial charge in [0.15, 0.2) is 6.20 Å². The Hall–Kier alpha value is -4.24. The lowest BCUT2D eigenvalue weighted by Gasteiger charge is -2.10. The van der Waals surface area contributed by atoms with Gasteiger partial charge in [-0.25, -0.2) is 8.96 Å². The fourth-order valence-corrected chi connectivity index (χ4v) is 5.11. The molecule has 6 aromatic rings. The lowest BCUT2D eigenvalue weighted by atomic mass is 9.94. The standard InChI is InChI=1S/C32H25FNO/c1-20-12-14-25-26-16-17-27(33)30(23-13-15-24(21(2)19-23)22-9-5-4-6-10-22)32(26)35-31(25)29(20)28-11-7-8-18-34(28)3/h4-19H,1-3H3/q+1. The summed E-state index contributed by atoms with van der Waals surface area (Å²) in [5.41, 5.74) is 9.26. The molecule has 35 heavy (non-hydrogen) atoms. The molecule has 0 saturated carbocycles. The van der Waals surface area contributed by atoms with E-state index in [0.29, 0.717) is 11.1 Å². The van der Waals surface area contributed by atoms with Gasteiger partial charge >= 0.3 is 0 Å². The summed E-state index contributed by atoms with van der Waals surface area (Å²) in [6, 6.07) is 30.1. The Morgan fingerprint density at radius 2 is 1.37 bits per heavy atom. The molecule has 0 radical (unpaired) electrons. The first kappa shape index (κ1) is 21.3. The zero-order chi connectivity index (χ0) is 24.1. The summed E-state index contributed by atoms with van der Waals surface area (Å²) in [6.07, 6.45) is 2.03. The van der Waals surface area contributed by atoms with Crippen LogP contribution in [0.1, 0.15) is 11.1 Å². The number of furan rings is 1. The first-order valence-electron chi connectivity index (χ1n) is 11.8. The van der Waals surface area contributed by atoms with Gasteiger partial charge in [-0.05, 0) is 59.9 Å². The summed E-state index contributed by atoms with van der Waals surface area (Å²) in [7, 11) is 2.03. The molecule has 0 saturated heterocycles. The Kier molecular flexibility index (Phi) is 5.00. The molecular weight excluding hydrogens is 433 g/mol. The van der Waals surface area contributed by atoms with Crippen molar-refractivity contribution in [3.8, 4) is 33.5 Å². The molecule has 0 atom stereocenters. The third kappa shape index (κ3) is 3.43. The zero-order valence-corrected chi connectivity index (χ0v) is 20.0. The summed E-state index contributed by atoms with van der Waals surface area (Å²) < 4.78 is 24.0. The van der Waals surface area contributed by atoms with E-state index in [4.69, 9.17) is 4.42 Å². The molecular formula is C32H25FNO+. The van der Waals surface area contributed by atoms with Crippen LogP contribution < -0.4 is 4.57 Å². The molecule has 6 rings (SSSR count). The fraction of sp³-hybridized carbons (Fsp3) is 0.0938. The van der Waals surface area contributed by atoms with E-state index in [-0.39, 0.29) is 5.82 Å². The van der Waals surface area contributed by atoms with Crippen LogP contribution in [0.25, 0.3) is 55.4 Å². The number of fused-ring (bicyclic) bond motifs is 3. The fourth-order valence-electron chi connectivity index (χ4n) is 5.11. The van der Waals surface area contributed by atoms with E-state index in [1.54, 1.807) is 6.07 Å². The van der Waals surface area contributed by atoms with Gasteiger partial charge in [-0.15, -0.1) is 0 Å². The van der Waals surface area contributed by atoms with Crippen molar-refractivity contribution in [3.05, 3.63) is 114 Å². The molecule has 0 N–H and O–H groups in total. The number of aryl methyl sites for hydroxylation is 3. The van der Waals surface area contributed by atoms with Gasteiger partial charge < -0.3 is 4.42 Å². The molecule has 3 heteroatoms. The topological polar surface area (TPSA) is 17.0 Å². The Labute approximate surface area is 203 Å². The van der Waals surface area contributed by atoms with Crippen molar-refractivity contribution in [2.45, 2.75) is 13.8 Å². The maximum absolute atomic E-state index is 15.4. The van der Waals surface area contributed by atoms with Crippen LogP contribution in [-0.4, -0.2) is 0 Å². The van der Waals surface area contributed by atoms with Crippen LogP contribution >= 0.6 is 0 Å². The van der Waals surface area contributed by atoms with E-state index in [0.717, 1.165) is 55.4 Å². The Bertz CT molecular complexity index is 1730. The van der Waals surface area contributed by atoms with E-state index in [1.165, 1.54) is 0 Å². The predicted octanol–water partition coefficient (Wildman–Crippen LogP) is 8.17. The predicted molar refractivity (Wildman–Crippen MR) is 141 cm³/mol. The van der Waals surface area contributed by atoms with Gasteiger partial charge in [0.25, 0.3) is 0 Å². The molecule has 2 heterocycles. The molecule has 2 nitrogen and oxygen atoms in total. The first-order valence-corrected chi connectivity index (χ1v) is 11.8. The minimum atomic E-state index is -0.285. The highest BCUT2D eigenvalue weighted by atomic mass is 19.1. The molecule has 0 aliphatic carbocycles. The second kappa shape index (κ2) is 8.21. The number of aromatic nitrogens is 1.